The largest absolute Gasteiger partial charge is 0.497 e. The van der Waals surface area contributed by atoms with Crippen LogP contribution in [0.4, 0.5) is 0 Å². The third-order valence-corrected chi connectivity index (χ3v) is 4.93. The van der Waals surface area contributed by atoms with Gasteiger partial charge in [0.25, 0.3) is 0 Å². The summed E-state index contributed by atoms with van der Waals surface area (Å²) in [6, 6.07) is 5.78. The number of nitrogens with one attached hydrogen (secondary N) is 2. The van der Waals surface area contributed by atoms with Crippen LogP contribution in [-0.4, -0.2) is 29.5 Å². The van der Waals surface area contributed by atoms with Crippen molar-refractivity contribution in [3.05, 3.63) is 24.0 Å². The van der Waals surface area contributed by atoms with Crippen LogP contribution in [0.3, 0.4) is 0 Å². The lowest BCUT2D eigenvalue weighted by molar-refractivity contribution is -0.121. The fourth-order valence-corrected chi connectivity index (χ4v) is 3.51. The van der Waals surface area contributed by atoms with Crippen LogP contribution < -0.4 is 10.1 Å². The Bertz CT molecular complexity index is 674. The van der Waals surface area contributed by atoms with E-state index in [2.05, 4.69) is 15.3 Å². The number of imidazole rings is 1. The Morgan fingerprint density at radius 1 is 1.33 bits per heavy atom. The Hall–Kier alpha value is -2.04. The predicted octanol–water partition coefficient (Wildman–Crippen LogP) is 3.59. The summed E-state index contributed by atoms with van der Waals surface area (Å²) in [6.45, 7) is 0.625. The molecule has 1 amide bonds. The zero-order valence-corrected chi connectivity index (χ0v) is 14.4. The molecular weight excluding hydrogens is 302 g/mol. The third kappa shape index (κ3) is 4.49. The number of hydrogen-bond donors (Lipinski definition) is 2. The maximum atomic E-state index is 12.0. The van der Waals surface area contributed by atoms with Crippen LogP contribution in [0, 0.1) is 5.92 Å². The zero-order valence-electron chi connectivity index (χ0n) is 14.4. The van der Waals surface area contributed by atoms with E-state index in [-0.39, 0.29) is 5.91 Å². The van der Waals surface area contributed by atoms with Gasteiger partial charge in [0, 0.05) is 25.5 Å². The average Bonchev–Trinajstić information content (AvgIpc) is 3.02. The van der Waals surface area contributed by atoms with Crippen molar-refractivity contribution < 1.29 is 9.53 Å². The van der Waals surface area contributed by atoms with E-state index in [0.717, 1.165) is 34.9 Å². The molecule has 0 radical (unpaired) electrons. The van der Waals surface area contributed by atoms with Crippen molar-refractivity contribution in [2.45, 2.75) is 51.4 Å². The van der Waals surface area contributed by atoms with Gasteiger partial charge in [-0.05, 0) is 24.5 Å². The minimum absolute atomic E-state index is 0.165. The molecule has 0 saturated heterocycles. The van der Waals surface area contributed by atoms with Gasteiger partial charge in [0.2, 0.25) is 5.91 Å². The molecule has 1 aliphatic rings. The number of ether oxygens (including phenoxy) is 1. The summed E-state index contributed by atoms with van der Waals surface area (Å²) in [7, 11) is 1.65. The van der Waals surface area contributed by atoms with Crippen LogP contribution in [0.25, 0.3) is 11.0 Å². The normalized spacial score (nSPS) is 15.5. The van der Waals surface area contributed by atoms with Crippen molar-refractivity contribution in [1.29, 1.82) is 0 Å². The lowest BCUT2D eigenvalue weighted by Gasteiger charge is -2.20. The highest BCUT2D eigenvalue weighted by Crippen LogP contribution is 2.27. The summed E-state index contributed by atoms with van der Waals surface area (Å²) < 4.78 is 5.22. The molecule has 0 bridgehead atoms. The molecule has 1 aromatic carbocycles. The number of methoxy groups -OCH3 is 1. The van der Waals surface area contributed by atoms with Crippen LogP contribution in [0.1, 0.15) is 50.8 Å². The van der Waals surface area contributed by atoms with Crippen molar-refractivity contribution in [2.75, 3.05) is 13.7 Å². The monoisotopic (exact) mass is 329 g/mol. The van der Waals surface area contributed by atoms with E-state index in [4.69, 9.17) is 4.74 Å². The molecule has 0 aliphatic heterocycles. The van der Waals surface area contributed by atoms with Gasteiger partial charge in [-0.25, -0.2) is 4.98 Å². The molecule has 2 N–H and O–H groups in total. The van der Waals surface area contributed by atoms with Crippen LogP contribution in [0.15, 0.2) is 18.2 Å². The number of nitrogens with zero attached hydrogens (tertiary/aromatic N) is 1. The smallest absolute Gasteiger partial charge is 0.220 e. The summed E-state index contributed by atoms with van der Waals surface area (Å²) in [4.78, 5) is 19.8. The molecule has 1 aliphatic carbocycles. The topological polar surface area (TPSA) is 67.0 Å². The van der Waals surface area contributed by atoms with Crippen LogP contribution in [0.5, 0.6) is 5.75 Å². The first-order valence-electron chi connectivity index (χ1n) is 9.04. The highest BCUT2D eigenvalue weighted by Gasteiger charge is 2.14. The average molecular weight is 329 g/mol. The van der Waals surface area contributed by atoms with E-state index in [1.54, 1.807) is 7.11 Å². The highest BCUT2D eigenvalue weighted by molar-refractivity contribution is 5.77. The summed E-state index contributed by atoms with van der Waals surface area (Å²) in [5.74, 6) is 2.63. The second kappa shape index (κ2) is 8.18. The Kier molecular flexibility index (Phi) is 5.72. The molecule has 24 heavy (non-hydrogen) atoms. The number of hydrogen-bond acceptors (Lipinski definition) is 3. The fraction of sp³-hybridized carbons (Fsp3) is 0.579. The van der Waals surface area contributed by atoms with Crippen LogP contribution >= 0.6 is 0 Å². The van der Waals surface area contributed by atoms with Gasteiger partial charge in [-0.15, -0.1) is 0 Å². The van der Waals surface area contributed by atoms with E-state index >= 15 is 0 Å². The number of amides is 1. The molecule has 1 heterocycles. The molecule has 5 nitrogen and oxygen atoms in total. The van der Waals surface area contributed by atoms with Gasteiger partial charge < -0.3 is 15.0 Å². The van der Waals surface area contributed by atoms with Crippen molar-refractivity contribution in [3.8, 4) is 5.75 Å². The Morgan fingerprint density at radius 2 is 2.17 bits per heavy atom. The molecule has 0 spiro atoms. The first-order chi connectivity index (χ1) is 11.7. The Morgan fingerprint density at radius 3 is 2.96 bits per heavy atom. The maximum absolute atomic E-state index is 12.0. The Labute approximate surface area is 143 Å². The van der Waals surface area contributed by atoms with Gasteiger partial charge >= 0.3 is 0 Å². The number of rotatable bonds is 7. The van der Waals surface area contributed by atoms with Gasteiger partial charge in [0.15, 0.2) is 0 Å². The number of carbonyl (C=O) groups is 1. The summed E-state index contributed by atoms with van der Waals surface area (Å²) in [5, 5.41) is 3.01. The number of aromatic amines is 1. The first-order valence-corrected chi connectivity index (χ1v) is 9.04. The van der Waals surface area contributed by atoms with E-state index in [0.29, 0.717) is 19.4 Å². The molecule has 2 aromatic rings. The van der Waals surface area contributed by atoms with Gasteiger partial charge in [-0.2, -0.15) is 0 Å². The van der Waals surface area contributed by atoms with Crippen LogP contribution in [-0.2, 0) is 11.2 Å². The molecule has 130 valence electrons. The van der Waals surface area contributed by atoms with E-state index in [1.807, 2.05) is 18.2 Å². The van der Waals surface area contributed by atoms with Gasteiger partial charge in [0.05, 0.1) is 18.1 Å². The number of H-pyrrole nitrogens is 1. The molecule has 0 unspecified atom stereocenters. The van der Waals surface area contributed by atoms with E-state index in [1.165, 1.54) is 32.1 Å². The number of benzene rings is 1. The summed E-state index contributed by atoms with van der Waals surface area (Å²) >= 11 is 0. The van der Waals surface area contributed by atoms with Gasteiger partial charge in [0.1, 0.15) is 11.6 Å². The lowest BCUT2D eigenvalue weighted by Crippen LogP contribution is -2.26. The quantitative estimate of drug-likeness (QED) is 0.816. The van der Waals surface area contributed by atoms with Crippen molar-refractivity contribution in [2.24, 2.45) is 5.92 Å². The van der Waals surface area contributed by atoms with Gasteiger partial charge in [-0.1, -0.05) is 32.1 Å². The van der Waals surface area contributed by atoms with Crippen molar-refractivity contribution in [1.82, 2.24) is 15.3 Å². The lowest BCUT2D eigenvalue weighted by atomic mass is 9.86. The highest BCUT2D eigenvalue weighted by atomic mass is 16.5. The molecule has 1 saturated carbocycles. The van der Waals surface area contributed by atoms with Crippen molar-refractivity contribution >= 4 is 16.9 Å². The van der Waals surface area contributed by atoms with Crippen LogP contribution in [0.2, 0.25) is 0 Å². The first kappa shape index (κ1) is 16.8. The summed E-state index contributed by atoms with van der Waals surface area (Å²) in [6.07, 6.45) is 9.05. The van der Waals surface area contributed by atoms with E-state index in [9.17, 15) is 4.79 Å². The van der Waals surface area contributed by atoms with E-state index < -0.39 is 0 Å². The second-order valence-corrected chi connectivity index (χ2v) is 6.71. The molecular formula is C19H27N3O2. The van der Waals surface area contributed by atoms with Gasteiger partial charge in [-0.3, -0.25) is 4.79 Å². The molecule has 0 atom stereocenters. The minimum Gasteiger partial charge on any atom is -0.497 e. The van der Waals surface area contributed by atoms with Crippen molar-refractivity contribution in [3.63, 3.8) is 0 Å². The standard InChI is InChI=1S/C19H27N3O2/c1-24-15-8-9-16-17(13-15)22-18(21-16)11-12-20-19(23)10-7-14-5-3-2-4-6-14/h8-9,13-14H,2-7,10-12H2,1H3,(H,20,23)(H,21,22). The number of carbonyl (C=O) groups excluding carboxylic acids is 1. The minimum atomic E-state index is 0.165. The molecule has 5 heteroatoms. The molecule has 1 fully saturated rings. The zero-order chi connectivity index (χ0) is 16.8. The SMILES string of the molecule is COc1ccc2nc(CCNC(=O)CCC3CCCCC3)[nH]c2c1. The number of fused-ring (bicyclic) bond motifs is 1. The predicted molar refractivity (Wildman–Crippen MR) is 95.2 cm³/mol. The molecule has 1 aromatic heterocycles. The number of aromatic nitrogens is 2. The summed E-state index contributed by atoms with van der Waals surface area (Å²) in [5.41, 5.74) is 1.89. The molecule has 3 rings (SSSR count). The maximum Gasteiger partial charge on any atom is 0.220 e. The Balaban J connectivity index is 1.41. The second-order valence-electron chi connectivity index (χ2n) is 6.71. The third-order valence-electron chi connectivity index (χ3n) is 4.93. The fourth-order valence-electron chi connectivity index (χ4n) is 3.51.